The van der Waals surface area contributed by atoms with Crippen LogP contribution in [0.2, 0.25) is 0 Å². The molecule has 0 fully saturated rings. The summed E-state index contributed by atoms with van der Waals surface area (Å²) in [6.07, 6.45) is 2.23. The zero-order valence-electron chi connectivity index (χ0n) is 15.5. The van der Waals surface area contributed by atoms with Gasteiger partial charge in [0.2, 0.25) is 5.91 Å². The molecule has 3 aromatic heterocycles. The highest BCUT2D eigenvalue weighted by Crippen LogP contribution is 2.29. The largest absolute Gasteiger partial charge is 0.497 e. The SMILES string of the molecule is COc1ccc2nc(NC(=O)Cc3csc4nc(-c5ccccc5)cn34)sc2c1. The molecule has 6 nitrogen and oxygen atoms in total. The van der Waals surface area contributed by atoms with E-state index in [9.17, 15) is 4.79 Å². The van der Waals surface area contributed by atoms with E-state index in [-0.39, 0.29) is 12.3 Å². The zero-order chi connectivity index (χ0) is 19.8. The number of fused-ring (bicyclic) bond motifs is 2. The predicted molar refractivity (Wildman–Crippen MR) is 117 cm³/mol. The van der Waals surface area contributed by atoms with E-state index in [0.29, 0.717) is 5.13 Å². The Kier molecular flexibility index (Phi) is 4.49. The lowest BCUT2D eigenvalue weighted by Crippen LogP contribution is -2.15. The number of hydrogen-bond donors (Lipinski definition) is 1. The minimum atomic E-state index is -0.106. The van der Waals surface area contributed by atoms with Crippen molar-refractivity contribution in [1.82, 2.24) is 14.4 Å². The van der Waals surface area contributed by atoms with Crippen molar-refractivity contribution < 1.29 is 9.53 Å². The van der Waals surface area contributed by atoms with Gasteiger partial charge in [-0.1, -0.05) is 41.7 Å². The highest BCUT2D eigenvalue weighted by Gasteiger charge is 2.14. The van der Waals surface area contributed by atoms with Gasteiger partial charge in [-0.15, -0.1) is 11.3 Å². The molecule has 0 unspecified atom stereocenters. The molecule has 2 aromatic carbocycles. The summed E-state index contributed by atoms with van der Waals surface area (Å²) in [6.45, 7) is 0. The van der Waals surface area contributed by atoms with Gasteiger partial charge in [-0.3, -0.25) is 9.20 Å². The van der Waals surface area contributed by atoms with Crippen LogP contribution in [0.1, 0.15) is 5.69 Å². The molecule has 0 radical (unpaired) electrons. The predicted octanol–water partition coefficient (Wildman–Crippen LogP) is 4.86. The summed E-state index contributed by atoms with van der Waals surface area (Å²) in [5, 5.41) is 5.46. The minimum Gasteiger partial charge on any atom is -0.497 e. The number of nitrogens with one attached hydrogen (secondary N) is 1. The number of imidazole rings is 1. The number of aromatic nitrogens is 3. The quantitative estimate of drug-likeness (QED) is 0.441. The van der Waals surface area contributed by atoms with E-state index in [1.807, 2.05) is 64.5 Å². The van der Waals surface area contributed by atoms with Crippen molar-refractivity contribution in [3.8, 4) is 17.0 Å². The fraction of sp³-hybridized carbons (Fsp3) is 0.0952. The van der Waals surface area contributed by atoms with Gasteiger partial charge in [0.05, 0.1) is 29.4 Å². The van der Waals surface area contributed by atoms with Gasteiger partial charge in [-0.2, -0.15) is 0 Å². The highest BCUT2D eigenvalue weighted by molar-refractivity contribution is 7.22. The van der Waals surface area contributed by atoms with Crippen molar-refractivity contribution >= 4 is 48.9 Å². The minimum absolute atomic E-state index is 0.106. The maximum absolute atomic E-state index is 12.6. The number of thiazole rings is 2. The standard InChI is InChI=1S/C21H16N4O2S2/c1-27-15-7-8-16-18(10-15)29-20(22-16)24-19(26)9-14-12-28-21-23-17(11-25(14)21)13-5-3-2-4-6-13/h2-8,10-12H,9H2,1H3,(H,22,24,26). The van der Waals surface area contributed by atoms with Crippen LogP contribution in [0.3, 0.4) is 0 Å². The lowest BCUT2D eigenvalue weighted by molar-refractivity contribution is -0.115. The van der Waals surface area contributed by atoms with Gasteiger partial charge in [0, 0.05) is 22.8 Å². The Morgan fingerprint density at radius 2 is 2.03 bits per heavy atom. The fourth-order valence-corrected chi connectivity index (χ4v) is 4.90. The summed E-state index contributed by atoms with van der Waals surface area (Å²) in [7, 11) is 1.63. The van der Waals surface area contributed by atoms with Gasteiger partial charge in [0.15, 0.2) is 10.1 Å². The molecule has 5 aromatic rings. The van der Waals surface area contributed by atoms with Crippen LogP contribution in [-0.2, 0) is 11.2 Å². The number of ether oxygens (including phenoxy) is 1. The van der Waals surface area contributed by atoms with Crippen molar-refractivity contribution in [1.29, 1.82) is 0 Å². The van der Waals surface area contributed by atoms with Crippen molar-refractivity contribution in [3.05, 3.63) is 65.8 Å². The Morgan fingerprint density at radius 1 is 1.17 bits per heavy atom. The number of anilines is 1. The number of nitrogens with zero attached hydrogens (tertiary/aromatic N) is 3. The third-order valence-corrected chi connectivity index (χ3v) is 6.36. The zero-order valence-corrected chi connectivity index (χ0v) is 17.1. The lowest BCUT2D eigenvalue weighted by Gasteiger charge is -2.01. The number of benzene rings is 2. The molecule has 0 bridgehead atoms. The first-order valence-corrected chi connectivity index (χ1v) is 10.6. The Labute approximate surface area is 174 Å². The molecule has 5 rings (SSSR count). The lowest BCUT2D eigenvalue weighted by atomic mass is 10.2. The van der Waals surface area contributed by atoms with E-state index in [2.05, 4.69) is 15.3 Å². The molecule has 1 amide bonds. The van der Waals surface area contributed by atoms with Gasteiger partial charge in [0.1, 0.15) is 5.75 Å². The average molecular weight is 421 g/mol. The second-order valence-corrected chi connectivity index (χ2v) is 8.32. The van der Waals surface area contributed by atoms with E-state index >= 15 is 0 Å². The van der Waals surface area contributed by atoms with Gasteiger partial charge in [-0.25, -0.2) is 9.97 Å². The van der Waals surface area contributed by atoms with Gasteiger partial charge in [0.25, 0.3) is 0 Å². The van der Waals surface area contributed by atoms with Crippen LogP contribution in [-0.4, -0.2) is 27.4 Å². The van der Waals surface area contributed by atoms with Crippen molar-refractivity contribution in [2.24, 2.45) is 0 Å². The monoisotopic (exact) mass is 420 g/mol. The summed E-state index contributed by atoms with van der Waals surface area (Å²) in [5.41, 5.74) is 3.70. The molecule has 29 heavy (non-hydrogen) atoms. The van der Waals surface area contributed by atoms with E-state index in [1.165, 1.54) is 22.7 Å². The van der Waals surface area contributed by atoms with Crippen LogP contribution >= 0.6 is 22.7 Å². The molecule has 0 saturated carbocycles. The number of rotatable bonds is 5. The van der Waals surface area contributed by atoms with E-state index < -0.39 is 0 Å². The first kappa shape index (κ1) is 17.8. The topological polar surface area (TPSA) is 68.5 Å². The molecule has 144 valence electrons. The molecule has 0 aliphatic carbocycles. The molecule has 3 heterocycles. The number of carbonyl (C=O) groups is 1. The first-order chi connectivity index (χ1) is 14.2. The van der Waals surface area contributed by atoms with Crippen LogP contribution in [0, 0.1) is 0 Å². The third-order valence-electron chi connectivity index (χ3n) is 4.54. The van der Waals surface area contributed by atoms with Crippen molar-refractivity contribution in [2.75, 3.05) is 12.4 Å². The molecule has 0 saturated heterocycles. The maximum Gasteiger partial charge on any atom is 0.232 e. The van der Waals surface area contributed by atoms with E-state index in [1.54, 1.807) is 7.11 Å². The molecule has 0 aliphatic rings. The van der Waals surface area contributed by atoms with Gasteiger partial charge in [-0.05, 0) is 18.2 Å². The molecular weight excluding hydrogens is 404 g/mol. The Morgan fingerprint density at radius 3 is 2.86 bits per heavy atom. The summed E-state index contributed by atoms with van der Waals surface area (Å²) in [4.78, 5) is 22.6. The van der Waals surface area contributed by atoms with E-state index in [4.69, 9.17) is 4.74 Å². The number of amides is 1. The molecule has 1 N–H and O–H groups in total. The smallest absolute Gasteiger partial charge is 0.232 e. The number of hydrogen-bond acceptors (Lipinski definition) is 6. The van der Waals surface area contributed by atoms with Gasteiger partial charge >= 0.3 is 0 Å². The Bertz CT molecular complexity index is 1320. The second kappa shape index (κ2) is 7.31. The number of methoxy groups -OCH3 is 1. The third kappa shape index (κ3) is 3.48. The summed E-state index contributed by atoms with van der Waals surface area (Å²) >= 11 is 2.96. The summed E-state index contributed by atoms with van der Waals surface area (Å²) in [6, 6.07) is 15.7. The fourth-order valence-electron chi connectivity index (χ4n) is 3.12. The molecule has 8 heteroatoms. The summed E-state index contributed by atoms with van der Waals surface area (Å²) in [5.74, 6) is 0.666. The number of carbonyl (C=O) groups excluding carboxylic acids is 1. The van der Waals surface area contributed by atoms with E-state index in [0.717, 1.165) is 37.9 Å². The normalized spacial score (nSPS) is 11.2. The first-order valence-electron chi connectivity index (χ1n) is 8.95. The van der Waals surface area contributed by atoms with Crippen molar-refractivity contribution in [3.63, 3.8) is 0 Å². The van der Waals surface area contributed by atoms with Crippen LogP contribution in [0.25, 0.3) is 26.4 Å². The molecular formula is C21H16N4O2S2. The van der Waals surface area contributed by atoms with Crippen LogP contribution < -0.4 is 10.1 Å². The van der Waals surface area contributed by atoms with Crippen molar-refractivity contribution in [2.45, 2.75) is 6.42 Å². The Balaban J connectivity index is 1.35. The van der Waals surface area contributed by atoms with Crippen LogP contribution in [0.15, 0.2) is 60.1 Å². The highest BCUT2D eigenvalue weighted by atomic mass is 32.1. The second-order valence-electron chi connectivity index (χ2n) is 6.45. The molecule has 0 aliphatic heterocycles. The van der Waals surface area contributed by atoms with Gasteiger partial charge < -0.3 is 10.1 Å². The van der Waals surface area contributed by atoms with Crippen LogP contribution in [0.4, 0.5) is 5.13 Å². The Hall–Kier alpha value is -3.23. The average Bonchev–Trinajstić information content (AvgIpc) is 3.43. The molecule has 0 spiro atoms. The maximum atomic E-state index is 12.6. The van der Waals surface area contributed by atoms with Crippen LogP contribution in [0.5, 0.6) is 5.75 Å². The molecule has 0 atom stereocenters. The summed E-state index contributed by atoms with van der Waals surface area (Å²) < 4.78 is 8.20.